The Hall–Kier alpha value is -3.79. The molecule has 0 bridgehead atoms. The number of rotatable bonds is 10. The van der Waals surface area contributed by atoms with Crippen LogP contribution in [-0.4, -0.2) is 60.4 Å². The van der Waals surface area contributed by atoms with Gasteiger partial charge in [-0.05, 0) is 49.6 Å². The molecule has 1 aromatic heterocycles. The summed E-state index contributed by atoms with van der Waals surface area (Å²) >= 11 is 0. The zero-order chi connectivity index (χ0) is 26.2. The van der Waals surface area contributed by atoms with Crippen molar-refractivity contribution in [2.24, 2.45) is 5.92 Å². The van der Waals surface area contributed by atoms with Gasteiger partial charge in [0.1, 0.15) is 0 Å². The molecule has 2 atom stereocenters. The van der Waals surface area contributed by atoms with Crippen molar-refractivity contribution < 1.29 is 23.9 Å². The molecular weight excluding hydrogens is 474 g/mol. The summed E-state index contributed by atoms with van der Waals surface area (Å²) < 4.78 is 5.07. The predicted molar refractivity (Wildman–Crippen MR) is 137 cm³/mol. The fourth-order valence-electron chi connectivity index (χ4n) is 4.83. The first-order chi connectivity index (χ1) is 18.0. The highest BCUT2D eigenvalue weighted by molar-refractivity contribution is 6.01. The highest BCUT2D eigenvalue weighted by Crippen LogP contribution is 2.30. The van der Waals surface area contributed by atoms with Crippen LogP contribution in [-0.2, 0) is 23.9 Å². The Morgan fingerprint density at radius 1 is 1.22 bits per heavy atom. The molecule has 2 aliphatic rings. The number of piperidine rings is 1. The number of anilines is 2. The van der Waals surface area contributed by atoms with Crippen molar-refractivity contribution in [2.75, 3.05) is 36.1 Å². The minimum atomic E-state index is -0.613. The van der Waals surface area contributed by atoms with E-state index in [4.69, 9.17) is 4.74 Å². The first-order valence-corrected chi connectivity index (χ1v) is 12.8. The van der Waals surface area contributed by atoms with Gasteiger partial charge in [-0.3, -0.25) is 24.2 Å². The second-order valence-corrected chi connectivity index (χ2v) is 9.25. The van der Waals surface area contributed by atoms with Gasteiger partial charge in [0.15, 0.2) is 0 Å². The molecule has 2 saturated heterocycles. The molecule has 2 aliphatic heterocycles. The van der Waals surface area contributed by atoms with Crippen molar-refractivity contribution in [1.82, 2.24) is 15.3 Å². The maximum atomic E-state index is 13.2. The standard InChI is InChI=1S/C27H33N5O5/c1-2-37-26(35)16-24(20-8-7-11-28-17-20)29-27(36)21-14-25(34)31(18-21)22-9-6-10-23(15-22)32(19-33)30-12-4-3-5-13-30/h6-11,15,17,19,21,24H,2-5,12-14,16,18H2,1H3,(H,29,36). The molecule has 0 radical (unpaired) electrons. The molecule has 196 valence electrons. The van der Waals surface area contributed by atoms with Crippen LogP contribution in [0.1, 0.15) is 50.6 Å². The van der Waals surface area contributed by atoms with Crippen molar-refractivity contribution >= 4 is 35.6 Å². The topological polar surface area (TPSA) is 112 Å². The minimum absolute atomic E-state index is 0.0320. The van der Waals surface area contributed by atoms with E-state index in [0.29, 0.717) is 16.9 Å². The molecule has 3 amide bonds. The SMILES string of the molecule is CCOC(=O)CC(NC(=O)C1CC(=O)N(c2cccc(N(C=O)N3CCCCC3)c2)C1)c1cccnc1. The third-order valence-electron chi connectivity index (χ3n) is 6.72. The predicted octanol–water partition coefficient (Wildman–Crippen LogP) is 2.61. The van der Waals surface area contributed by atoms with Crippen molar-refractivity contribution in [3.05, 3.63) is 54.4 Å². The summed E-state index contributed by atoms with van der Waals surface area (Å²) in [5.74, 6) is -1.49. The second kappa shape index (κ2) is 12.4. The average Bonchev–Trinajstić information content (AvgIpc) is 3.32. The number of carbonyl (C=O) groups excluding carboxylic acids is 4. The number of ether oxygens (including phenoxy) is 1. The lowest BCUT2D eigenvalue weighted by molar-refractivity contribution is -0.144. The molecule has 0 aliphatic carbocycles. The van der Waals surface area contributed by atoms with E-state index in [2.05, 4.69) is 10.3 Å². The van der Waals surface area contributed by atoms with Gasteiger partial charge >= 0.3 is 5.97 Å². The highest BCUT2D eigenvalue weighted by atomic mass is 16.5. The summed E-state index contributed by atoms with van der Waals surface area (Å²) in [6.45, 7) is 3.79. The number of carbonyl (C=O) groups is 4. The molecule has 37 heavy (non-hydrogen) atoms. The number of esters is 1. The van der Waals surface area contributed by atoms with Crippen molar-refractivity contribution in [3.8, 4) is 0 Å². The maximum absolute atomic E-state index is 13.2. The lowest BCUT2D eigenvalue weighted by Gasteiger charge is -2.35. The number of aromatic nitrogens is 1. The maximum Gasteiger partial charge on any atom is 0.308 e. The third-order valence-corrected chi connectivity index (χ3v) is 6.72. The van der Waals surface area contributed by atoms with E-state index in [-0.39, 0.29) is 37.8 Å². The van der Waals surface area contributed by atoms with E-state index < -0.39 is 17.9 Å². The number of benzene rings is 1. The molecule has 1 aromatic carbocycles. The van der Waals surface area contributed by atoms with Crippen LogP contribution in [0, 0.1) is 5.92 Å². The number of pyridine rings is 1. The molecule has 4 rings (SSSR count). The Kier molecular flexibility index (Phi) is 8.84. The number of hydrazine groups is 1. The number of nitrogens with one attached hydrogen (secondary N) is 1. The van der Waals surface area contributed by atoms with Gasteiger partial charge in [0, 0.05) is 44.1 Å². The lowest BCUT2D eigenvalue weighted by Crippen LogP contribution is -2.45. The fourth-order valence-corrected chi connectivity index (χ4v) is 4.83. The Morgan fingerprint density at radius 3 is 2.73 bits per heavy atom. The highest BCUT2D eigenvalue weighted by Gasteiger charge is 2.36. The quantitative estimate of drug-likeness (QED) is 0.389. The first-order valence-electron chi connectivity index (χ1n) is 12.8. The molecule has 2 unspecified atom stereocenters. The molecule has 3 heterocycles. The van der Waals surface area contributed by atoms with E-state index in [9.17, 15) is 19.2 Å². The first kappa shape index (κ1) is 26.3. The van der Waals surface area contributed by atoms with Crippen molar-refractivity contribution in [1.29, 1.82) is 0 Å². The molecule has 0 spiro atoms. The minimum Gasteiger partial charge on any atom is -0.466 e. The summed E-state index contributed by atoms with van der Waals surface area (Å²) in [6.07, 6.45) is 7.25. The normalized spacial score (nSPS) is 18.8. The van der Waals surface area contributed by atoms with Gasteiger partial charge in [-0.1, -0.05) is 18.6 Å². The number of hydrogen-bond donors (Lipinski definition) is 1. The monoisotopic (exact) mass is 507 g/mol. The van der Waals surface area contributed by atoms with Crippen molar-refractivity contribution in [2.45, 2.75) is 45.1 Å². The Labute approximate surface area is 216 Å². The number of nitrogens with zero attached hydrogens (tertiary/aromatic N) is 4. The van der Waals surface area contributed by atoms with E-state index in [1.54, 1.807) is 53.5 Å². The smallest absolute Gasteiger partial charge is 0.308 e. The molecule has 0 saturated carbocycles. The van der Waals surface area contributed by atoms with Gasteiger partial charge in [0.25, 0.3) is 0 Å². The summed E-state index contributed by atoms with van der Waals surface area (Å²) in [7, 11) is 0. The van der Waals surface area contributed by atoms with Gasteiger partial charge in [-0.2, -0.15) is 0 Å². The molecular formula is C27H33N5O5. The van der Waals surface area contributed by atoms with Crippen LogP contribution < -0.4 is 15.2 Å². The van der Waals surface area contributed by atoms with Crippen molar-refractivity contribution in [3.63, 3.8) is 0 Å². The molecule has 2 aromatic rings. The van der Waals surface area contributed by atoms with Crippen LogP contribution >= 0.6 is 0 Å². The van der Waals surface area contributed by atoms with Crippen LogP contribution in [0.15, 0.2) is 48.8 Å². The van der Waals surface area contributed by atoms with E-state index in [1.807, 2.05) is 17.1 Å². The average molecular weight is 508 g/mol. The van der Waals surface area contributed by atoms with Gasteiger partial charge in [-0.25, -0.2) is 10.0 Å². The zero-order valence-electron chi connectivity index (χ0n) is 21.0. The largest absolute Gasteiger partial charge is 0.466 e. The summed E-state index contributed by atoms with van der Waals surface area (Å²) in [5.41, 5.74) is 2.00. The Balaban J connectivity index is 1.46. The molecule has 10 heteroatoms. The molecule has 2 fully saturated rings. The Morgan fingerprint density at radius 2 is 2.03 bits per heavy atom. The van der Waals surface area contributed by atoms with Gasteiger partial charge in [0.05, 0.1) is 30.7 Å². The van der Waals surface area contributed by atoms with Crippen LogP contribution in [0.5, 0.6) is 0 Å². The van der Waals surface area contributed by atoms with Crippen LogP contribution in [0.4, 0.5) is 11.4 Å². The van der Waals surface area contributed by atoms with Crippen LogP contribution in [0.2, 0.25) is 0 Å². The lowest BCUT2D eigenvalue weighted by atomic mass is 10.0. The van der Waals surface area contributed by atoms with E-state index >= 15 is 0 Å². The van der Waals surface area contributed by atoms with Crippen LogP contribution in [0.25, 0.3) is 0 Å². The van der Waals surface area contributed by atoms with Gasteiger partial charge < -0.3 is 15.0 Å². The summed E-state index contributed by atoms with van der Waals surface area (Å²) in [6, 6.07) is 10.2. The van der Waals surface area contributed by atoms with Gasteiger partial charge in [0.2, 0.25) is 18.2 Å². The molecule has 1 N–H and O–H groups in total. The summed E-state index contributed by atoms with van der Waals surface area (Å²) in [4.78, 5) is 55.8. The fraction of sp³-hybridized carbons (Fsp3) is 0.444. The van der Waals surface area contributed by atoms with Crippen LogP contribution in [0.3, 0.4) is 0 Å². The summed E-state index contributed by atoms with van der Waals surface area (Å²) in [5, 5.41) is 6.53. The van der Waals surface area contributed by atoms with Gasteiger partial charge in [-0.15, -0.1) is 0 Å². The number of hydrogen-bond acceptors (Lipinski definition) is 7. The number of amides is 3. The zero-order valence-corrected chi connectivity index (χ0v) is 21.0. The molecule has 10 nitrogen and oxygen atoms in total. The second-order valence-electron chi connectivity index (χ2n) is 9.25. The van der Waals surface area contributed by atoms with E-state index in [0.717, 1.165) is 38.8 Å². The third kappa shape index (κ3) is 6.51. The van der Waals surface area contributed by atoms with E-state index in [1.165, 1.54) is 0 Å². The Bertz CT molecular complexity index is 1110.